The van der Waals surface area contributed by atoms with E-state index in [1.54, 1.807) is 37.8 Å². The number of hydrogen-bond acceptors (Lipinski definition) is 7. The highest BCUT2D eigenvalue weighted by Gasteiger charge is 2.30. The van der Waals surface area contributed by atoms with E-state index < -0.39 is 6.04 Å². The molecule has 3 heterocycles. The number of Topliss-reactive ketones (excluding diaryl/α,β-unsaturated/α-hetero) is 1. The fraction of sp³-hybridized carbons (Fsp3) is 0.280. The molecule has 33 heavy (non-hydrogen) atoms. The summed E-state index contributed by atoms with van der Waals surface area (Å²) in [6, 6.07) is 12.7. The van der Waals surface area contributed by atoms with Gasteiger partial charge in [0.15, 0.2) is 5.78 Å². The van der Waals surface area contributed by atoms with Crippen LogP contribution in [-0.2, 0) is 13.0 Å². The van der Waals surface area contributed by atoms with Crippen molar-refractivity contribution in [2.24, 2.45) is 0 Å². The summed E-state index contributed by atoms with van der Waals surface area (Å²) in [6.45, 7) is 1.79. The summed E-state index contributed by atoms with van der Waals surface area (Å²) in [6.07, 6.45) is 2.74. The van der Waals surface area contributed by atoms with Crippen molar-refractivity contribution >= 4 is 33.7 Å². The van der Waals surface area contributed by atoms with Crippen LogP contribution in [0.1, 0.15) is 32.0 Å². The van der Waals surface area contributed by atoms with E-state index in [1.165, 1.54) is 4.88 Å². The van der Waals surface area contributed by atoms with Crippen LogP contribution in [0.4, 0.5) is 5.69 Å². The molecule has 4 aromatic rings. The molecule has 0 amide bonds. The third-order valence-corrected chi connectivity index (χ3v) is 7.18. The Hall–Kier alpha value is -3.36. The molecule has 8 heteroatoms. The summed E-state index contributed by atoms with van der Waals surface area (Å²) in [5.41, 5.74) is 3.37. The number of anilines is 1. The number of aromatic nitrogens is 2. The number of fused-ring (bicyclic) bond motifs is 2. The first-order chi connectivity index (χ1) is 16.1. The number of carbonyl (C=O) groups excluding carboxylic acids is 1. The lowest BCUT2D eigenvalue weighted by Gasteiger charge is -2.20. The second-order valence-electron chi connectivity index (χ2n) is 8.20. The van der Waals surface area contributed by atoms with Crippen molar-refractivity contribution in [3.63, 3.8) is 0 Å². The molecule has 1 unspecified atom stereocenters. The Morgan fingerprint density at radius 2 is 1.94 bits per heavy atom. The van der Waals surface area contributed by atoms with Gasteiger partial charge < -0.3 is 24.7 Å². The average molecular weight is 463 g/mol. The van der Waals surface area contributed by atoms with E-state index in [1.807, 2.05) is 36.4 Å². The Morgan fingerprint density at radius 1 is 1.18 bits per heavy atom. The number of hydrogen-bond donors (Lipinski definition) is 2. The van der Waals surface area contributed by atoms with Gasteiger partial charge in [-0.25, -0.2) is 4.98 Å². The van der Waals surface area contributed by atoms with E-state index in [2.05, 4.69) is 22.2 Å². The molecular weight excluding hydrogens is 436 g/mol. The highest BCUT2D eigenvalue weighted by atomic mass is 32.1. The lowest BCUT2D eigenvalue weighted by atomic mass is 10.0. The first-order valence-corrected chi connectivity index (χ1v) is 11.6. The number of aromatic amines is 1. The minimum Gasteiger partial charge on any atom is -0.497 e. The normalized spacial score (nSPS) is 14.6. The SMILES string of the molecule is COc1cc(NC(C(=O)c2c[nH]c3ccccc23)c2nc3c(s2)CCN(C)C3)cc(OC)c1. The largest absolute Gasteiger partial charge is 0.497 e. The van der Waals surface area contributed by atoms with Gasteiger partial charge in [0.25, 0.3) is 0 Å². The molecule has 0 bridgehead atoms. The number of rotatable bonds is 7. The zero-order valence-corrected chi connectivity index (χ0v) is 19.7. The van der Waals surface area contributed by atoms with Gasteiger partial charge in [0.05, 0.1) is 19.9 Å². The molecule has 2 aromatic carbocycles. The van der Waals surface area contributed by atoms with Crippen molar-refractivity contribution < 1.29 is 14.3 Å². The molecule has 0 radical (unpaired) electrons. The Kier molecular flexibility index (Phi) is 5.78. The topological polar surface area (TPSA) is 79.5 Å². The Balaban J connectivity index is 1.57. The second kappa shape index (κ2) is 8.88. The number of benzene rings is 2. The van der Waals surface area contributed by atoms with Crippen LogP contribution in [-0.4, -0.2) is 48.5 Å². The number of thiazole rings is 1. The third kappa shape index (κ3) is 4.19. The maximum atomic E-state index is 13.9. The van der Waals surface area contributed by atoms with E-state index in [4.69, 9.17) is 14.5 Å². The first-order valence-electron chi connectivity index (χ1n) is 10.8. The number of H-pyrrole nitrogens is 1. The van der Waals surface area contributed by atoms with Crippen LogP contribution < -0.4 is 14.8 Å². The zero-order chi connectivity index (χ0) is 22.9. The summed E-state index contributed by atoms with van der Waals surface area (Å²) >= 11 is 1.62. The molecule has 0 fully saturated rings. The summed E-state index contributed by atoms with van der Waals surface area (Å²) < 4.78 is 10.8. The molecule has 0 saturated carbocycles. The van der Waals surface area contributed by atoms with Gasteiger partial charge in [0.2, 0.25) is 0 Å². The number of methoxy groups -OCH3 is 2. The standard InChI is InChI=1S/C25H26N4O3S/c1-29-9-8-22-21(14-29)28-25(33-22)23(27-15-10-16(31-2)12-17(11-15)32-3)24(30)19-13-26-20-7-5-4-6-18(19)20/h4-7,10-13,23,26-27H,8-9,14H2,1-3H3. The average Bonchev–Trinajstić information content (AvgIpc) is 3.45. The number of likely N-dealkylation sites (N-methyl/N-ethyl adjacent to an activating group) is 1. The van der Waals surface area contributed by atoms with Gasteiger partial charge >= 0.3 is 0 Å². The van der Waals surface area contributed by atoms with Gasteiger partial charge in [-0.2, -0.15) is 0 Å². The smallest absolute Gasteiger partial charge is 0.194 e. The van der Waals surface area contributed by atoms with Gasteiger partial charge in [-0.1, -0.05) is 18.2 Å². The van der Waals surface area contributed by atoms with E-state index in [-0.39, 0.29) is 5.78 Å². The van der Waals surface area contributed by atoms with E-state index >= 15 is 0 Å². The van der Waals surface area contributed by atoms with Gasteiger partial charge in [-0.15, -0.1) is 11.3 Å². The van der Waals surface area contributed by atoms with Crippen LogP contribution in [0.5, 0.6) is 11.5 Å². The molecular formula is C25H26N4O3S. The van der Waals surface area contributed by atoms with Gasteiger partial charge in [-0.05, 0) is 19.5 Å². The molecule has 7 nitrogen and oxygen atoms in total. The number of carbonyl (C=O) groups is 1. The highest BCUT2D eigenvalue weighted by Crippen LogP contribution is 2.35. The molecule has 0 spiro atoms. The van der Waals surface area contributed by atoms with Crippen molar-refractivity contribution in [2.75, 3.05) is 33.1 Å². The van der Waals surface area contributed by atoms with Crippen molar-refractivity contribution in [3.8, 4) is 11.5 Å². The molecule has 5 rings (SSSR count). The summed E-state index contributed by atoms with van der Waals surface area (Å²) in [5, 5.41) is 5.10. The van der Waals surface area contributed by atoms with Gasteiger partial charge in [0, 0.05) is 64.5 Å². The minimum absolute atomic E-state index is 0.0336. The second-order valence-corrected chi connectivity index (χ2v) is 9.32. The fourth-order valence-electron chi connectivity index (χ4n) is 4.20. The third-order valence-electron chi connectivity index (χ3n) is 5.96. The number of nitrogens with one attached hydrogen (secondary N) is 2. The maximum Gasteiger partial charge on any atom is 0.194 e. The number of ketones is 1. The van der Waals surface area contributed by atoms with Crippen molar-refractivity contribution in [1.82, 2.24) is 14.9 Å². The van der Waals surface area contributed by atoms with Crippen LogP contribution >= 0.6 is 11.3 Å². The van der Waals surface area contributed by atoms with Gasteiger partial charge in [0.1, 0.15) is 22.5 Å². The van der Waals surface area contributed by atoms with Crippen LogP contribution in [0.15, 0.2) is 48.7 Å². The van der Waals surface area contributed by atoms with Crippen molar-refractivity contribution in [3.05, 3.63) is 69.8 Å². The number of ether oxygens (including phenoxy) is 2. The van der Waals surface area contributed by atoms with E-state index in [9.17, 15) is 4.79 Å². The molecule has 170 valence electrons. The first kappa shape index (κ1) is 21.5. The van der Waals surface area contributed by atoms with Gasteiger partial charge in [-0.3, -0.25) is 4.79 Å². The quantitative estimate of drug-likeness (QED) is 0.389. The predicted molar refractivity (Wildman–Crippen MR) is 131 cm³/mol. The molecule has 0 aliphatic carbocycles. The van der Waals surface area contributed by atoms with E-state index in [0.717, 1.165) is 46.8 Å². The molecule has 1 aliphatic rings. The van der Waals surface area contributed by atoms with Crippen LogP contribution in [0, 0.1) is 0 Å². The van der Waals surface area contributed by atoms with Crippen LogP contribution in [0.3, 0.4) is 0 Å². The monoisotopic (exact) mass is 462 g/mol. The van der Waals surface area contributed by atoms with E-state index in [0.29, 0.717) is 17.1 Å². The molecule has 0 saturated heterocycles. The van der Waals surface area contributed by atoms with Crippen LogP contribution in [0.25, 0.3) is 10.9 Å². The zero-order valence-electron chi connectivity index (χ0n) is 18.8. The summed E-state index contributed by atoms with van der Waals surface area (Å²) in [4.78, 5) is 25.6. The maximum absolute atomic E-state index is 13.9. The lowest BCUT2D eigenvalue weighted by molar-refractivity contribution is 0.0971. The highest BCUT2D eigenvalue weighted by molar-refractivity contribution is 7.12. The molecule has 1 atom stereocenters. The Morgan fingerprint density at radius 3 is 2.70 bits per heavy atom. The van der Waals surface area contributed by atoms with Crippen molar-refractivity contribution in [1.29, 1.82) is 0 Å². The number of nitrogens with zero attached hydrogens (tertiary/aromatic N) is 2. The van der Waals surface area contributed by atoms with Crippen molar-refractivity contribution in [2.45, 2.75) is 19.0 Å². The molecule has 2 aromatic heterocycles. The van der Waals surface area contributed by atoms with Crippen LogP contribution in [0.2, 0.25) is 0 Å². The Labute approximate surface area is 196 Å². The molecule has 1 aliphatic heterocycles. The molecule has 2 N–H and O–H groups in total. The number of para-hydroxylation sites is 1. The summed E-state index contributed by atoms with van der Waals surface area (Å²) in [7, 11) is 5.31. The predicted octanol–water partition coefficient (Wildman–Crippen LogP) is 4.67. The Bertz CT molecular complexity index is 1290. The summed E-state index contributed by atoms with van der Waals surface area (Å²) in [5.74, 6) is 1.26. The lowest BCUT2D eigenvalue weighted by Crippen LogP contribution is -2.26. The fourth-order valence-corrected chi connectivity index (χ4v) is 5.31. The minimum atomic E-state index is -0.637.